The smallest absolute Gasteiger partial charge is 0.358 e. The van der Waals surface area contributed by atoms with Gasteiger partial charge < -0.3 is 15.5 Å². The van der Waals surface area contributed by atoms with Crippen molar-refractivity contribution in [3.63, 3.8) is 0 Å². The summed E-state index contributed by atoms with van der Waals surface area (Å²) < 4.78 is 40.0. The molecule has 1 fully saturated rings. The summed E-state index contributed by atoms with van der Waals surface area (Å²) in [6, 6.07) is 8.20. The van der Waals surface area contributed by atoms with Crippen LogP contribution in [0.1, 0.15) is 31.0 Å². The van der Waals surface area contributed by atoms with E-state index >= 15 is 0 Å². The number of alkyl halides is 3. The van der Waals surface area contributed by atoms with Crippen molar-refractivity contribution in [3.05, 3.63) is 46.6 Å². The number of piperidine rings is 1. The summed E-state index contributed by atoms with van der Waals surface area (Å²) in [5.74, 6) is 0.607. The second kappa shape index (κ2) is 9.13. The number of rotatable bonds is 4. The molecule has 0 spiro atoms. The first-order valence-corrected chi connectivity index (χ1v) is 10.0. The van der Waals surface area contributed by atoms with E-state index in [4.69, 9.17) is 23.8 Å². The molecule has 3 rings (SSSR count). The van der Waals surface area contributed by atoms with Gasteiger partial charge in [0, 0.05) is 30.7 Å². The highest BCUT2D eigenvalue weighted by Crippen LogP contribution is 2.31. The van der Waals surface area contributed by atoms with E-state index in [1.165, 1.54) is 0 Å². The Labute approximate surface area is 177 Å². The van der Waals surface area contributed by atoms with Crippen LogP contribution in [0.4, 0.5) is 24.9 Å². The zero-order valence-corrected chi connectivity index (χ0v) is 17.3. The topological polar surface area (TPSA) is 53.1 Å². The third-order valence-corrected chi connectivity index (χ3v) is 5.35. The van der Waals surface area contributed by atoms with Gasteiger partial charge >= 0.3 is 6.18 Å². The van der Waals surface area contributed by atoms with Crippen LogP contribution in [-0.4, -0.2) is 28.2 Å². The van der Waals surface area contributed by atoms with Crippen molar-refractivity contribution in [1.29, 1.82) is 0 Å². The lowest BCUT2D eigenvalue weighted by atomic mass is 9.99. The van der Waals surface area contributed by atoms with E-state index in [1.54, 1.807) is 6.07 Å². The average molecular weight is 444 g/mol. The molecule has 156 valence electrons. The number of hydrogen-bond acceptors (Lipinski definition) is 4. The molecule has 0 unspecified atom stereocenters. The number of anilines is 2. The summed E-state index contributed by atoms with van der Waals surface area (Å²) in [5.41, 5.74) is -0.191. The quantitative estimate of drug-likeness (QED) is 0.657. The van der Waals surface area contributed by atoms with Crippen molar-refractivity contribution >= 4 is 40.7 Å². The molecule has 29 heavy (non-hydrogen) atoms. The van der Waals surface area contributed by atoms with E-state index in [0.29, 0.717) is 30.6 Å². The molecule has 0 aliphatic carbocycles. The molecule has 0 bridgehead atoms. The van der Waals surface area contributed by atoms with E-state index in [2.05, 4.69) is 27.5 Å². The van der Waals surface area contributed by atoms with E-state index in [9.17, 15) is 13.2 Å². The lowest BCUT2D eigenvalue weighted by molar-refractivity contribution is -0.141. The largest absolute Gasteiger partial charge is 0.433 e. The number of benzene rings is 1. The zero-order chi connectivity index (χ0) is 21.0. The minimum atomic E-state index is -4.58. The second-order valence-electron chi connectivity index (χ2n) is 7.00. The first kappa shape index (κ1) is 21.6. The Morgan fingerprint density at radius 3 is 2.59 bits per heavy atom. The number of thiocarbonyl (C=S) groups is 1. The van der Waals surface area contributed by atoms with Crippen LogP contribution in [-0.2, 0) is 12.7 Å². The predicted octanol–water partition coefficient (Wildman–Crippen LogP) is 4.87. The average Bonchev–Trinajstić information content (AvgIpc) is 2.67. The summed E-state index contributed by atoms with van der Waals surface area (Å²) in [5, 5.41) is 6.26. The molecular weight excluding hydrogens is 423 g/mol. The number of nitrogens with one attached hydrogen (secondary N) is 2. The molecule has 2 N–H and O–H groups in total. The van der Waals surface area contributed by atoms with Gasteiger partial charge in [-0.25, -0.2) is 4.98 Å². The van der Waals surface area contributed by atoms with E-state index < -0.39 is 11.9 Å². The van der Waals surface area contributed by atoms with Crippen molar-refractivity contribution in [2.45, 2.75) is 32.5 Å². The van der Waals surface area contributed by atoms with Crippen LogP contribution < -0.4 is 15.5 Å². The third-order valence-electron chi connectivity index (χ3n) is 4.73. The van der Waals surface area contributed by atoms with Gasteiger partial charge in [0.05, 0.1) is 0 Å². The molecule has 1 saturated heterocycles. The van der Waals surface area contributed by atoms with E-state index in [1.807, 2.05) is 23.1 Å². The van der Waals surface area contributed by atoms with Crippen LogP contribution in [0, 0.1) is 5.92 Å². The van der Waals surface area contributed by atoms with Gasteiger partial charge in [0.1, 0.15) is 5.82 Å². The van der Waals surface area contributed by atoms with Gasteiger partial charge in [0.15, 0.2) is 10.8 Å². The van der Waals surface area contributed by atoms with Crippen LogP contribution in [0.25, 0.3) is 0 Å². The normalized spacial score (nSPS) is 15.3. The maximum absolute atomic E-state index is 13.3. The summed E-state index contributed by atoms with van der Waals surface area (Å²) in [6.45, 7) is 3.77. The first-order chi connectivity index (χ1) is 13.7. The van der Waals surface area contributed by atoms with Crippen molar-refractivity contribution < 1.29 is 13.2 Å². The summed E-state index contributed by atoms with van der Waals surface area (Å²) in [4.78, 5) is 9.71. The SMILES string of the molecule is CC1CCN(c2cc(C(F)(F)F)nc(NC(=S)NCc3ccccc3Cl)n2)CC1. The zero-order valence-electron chi connectivity index (χ0n) is 15.8. The number of halogens is 4. The number of aromatic nitrogens is 2. The van der Waals surface area contributed by atoms with Gasteiger partial charge in [-0.1, -0.05) is 36.7 Å². The lowest BCUT2D eigenvalue weighted by Gasteiger charge is -2.31. The fourth-order valence-corrected chi connectivity index (χ4v) is 3.36. The molecule has 0 atom stereocenters. The van der Waals surface area contributed by atoms with Gasteiger partial charge in [0.2, 0.25) is 5.95 Å². The van der Waals surface area contributed by atoms with Crippen molar-refractivity contribution in [2.75, 3.05) is 23.3 Å². The molecule has 1 aromatic heterocycles. The molecule has 1 aliphatic heterocycles. The molecule has 0 amide bonds. The third kappa shape index (κ3) is 5.93. The van der Waals surface area contributed by atoms with Gasteiger partial charge in [-0.15, -0.1) is 0 Å². The molecule has 2 heterocycles. The van der Waals surface area contributed by atoms with Gasteiger partial charge in [-0.2, -0.15) is 18.2 Å². The Bertz CT molecular complexity index is 869. The summed E-state index contributed by atoms with van der Waals surface area (Å²) >= 11 is 11.3. The molecule has 0 radical (unpaired) electrons. The molecule has 1 aliphatic rings. The van der Waals surface area contributed by atoms with Crippen LogP contribution in [0.5, 0.6) is 0 Å². The fourth-order valence-electron chi connectivity index (χ4n) is 3.00. The first-order valence-electron chi connectivity index (χ1n) is 9.22. The number of nitrogens with zero attached hydrogens (tertiary/aromatic N) is 3. The molecule has 1 aromatic carbocycles. The Morgan fingerprint density at radius 2 is 1.93 bits per heavy atom. The standard InChI is InChI=1S/C19H21ClF3N5S/c1-12-6-8-28(9-7-12)16-10-15(19(21,22)23)25-17(26-16)27-18(29)24-11-13-4-2-3-5-14(13)20/h2-5,10,12H,6-9,11H2,1H3,(H2,24,25,26,27,29). The maximum atomic E-state index is 13.3. The van der Waals surface area contributed by atoms with Crippen molar-refractivity contribution in [1.82, 2.24) is 15.3 Å². The molecule has 5 nitrogen and oxygen atoms in total. The van der Waals surface area contributed by atoms with Crippen LogP contribution in [0.15, 0.2) is 30.3 Å². The van der Waals surface area contributed by atoms with Gasteiger partial charge in [-0.05, 0) is 42.6 Å². The predicted molar refractivity (Wildman–Crippen MR) is 112 cm³/mol. The highest BCUT2D eigenvalue weighted by molar-refractivity contribution is 7.80. The Hall–Kier alpha value is -2.13. The Balaban J connectivity index is 1.74. The van der Waals surface area contributed by atoms with Crippen LogP contribution in [0.3, 0.4) is 0 Å². The fraction of sp³-hybridized carbons (Fsp3) is 0.421. The lowest BCUT2D eigenvalue weighted by Crippen LogP contribution is -2.34. The van der Waals surface area contributed by atoms with Crippen LogP contribution >= 0.6 is 23.8 Å². The molecule has 10 heteroatoms. The maximum Gasteiger partial charge on any atom is 0.433 e. The second-order valence-corrected chi connectivity index (χ2v) is 7.82. The Morgan fingerprint density at radius 1 is 1.24 bits per heavy atom. The minimum absolute atomic E-state index is 0.113. The van der Waals surface area contributed by atoms with Crippen molar-refractivity contribution in [2.24, 2.45) is 5.92 Å². The Kier molecular flexibility index (Phi) is 6.79. The van der Waals surface area contributed by atoms with E-state index in [-0.39, 0.29) is 16.9 Å². The van der Waals surface area contributed by atoms with Crippen molar-refractivity contribution in [3.8, 4) is 0 Å². The monoisotopic (exact) mass is 443 g/mol. The van der Waals surface area contributed by atoms with Gasteiger partial charge in [0.25, 0.3) is 0 Å². The molecule has 0 saturated carbocycles. The highest BCUT2D eigenvalue weighted by Gasteiger charge is 2.34. The van der Waals surface area contributed by atoms with E-state index in [0.717, 1.165) is 24.5 Å². The molecular formula is C19H21ClF3N5S. The minimum Gasteiger partial charge on any atom is -0.358 e. The highest BCUT2D eigenvalue weighted by atomic mass is 35.5. The molecule has 2 aromatic rings. The summed E-state index contributed by atoms with van der Waals surface area (Å²) in [6.07, 6.45) is -2.76. The number of hydrogen-bond donors (Lipinski definition) is 2. The van der Waals surface area contributed by atoms with Gasteiger partial charge in [-0.3, -0.25) is 0 Å². The van der Waals surface area contributed by atoms with Crippen LogP contribution in [0.2, 0.25) is 5.02 Å². The summed E-state index contributed by atoms with van der Waals surface area (Å²) in [7, 11) is 0.